The summed E-state index contributed by atoms with van der Waals surface area (Å²) in [6.07, 6.45) is 6.45. The first kappa shape index (κ1) is 22.0. The number of anilines is 1. The Morgan fingerprint density at radius 2 is 1.63 bits per heavy atom. The number of carbonyl (C=O) groups is 1. The van der Waals surface area contributed by atoms with E-state index in [1.165, 1.54) is 12.1 Å². The molecule has 27 heavy (non-hydrogen) atoms. The molecular formula is C16H22BrNO7S2. The smallest absolute Gasteiger partial charge is 0.340 e. The molecule has 1 aliphatic carbocycles. The number of sulfonamides is 2. The lowest BCUT2D eigenvalue weighted by atomic mass is 9.98. The summed E-state index contributed by atoms with van der Waals surface area (Å²) in [6, 6.07) is 2.55. The first-order valence-corrected chi connectivity index (χ1v) is 12.7. The van der Waals surface area contributed by atoms with Gasteiger partial charge in [-0.3, -0.25) is 0 Å². The van der Waals surface area contributed by atoms with Crippen LogP contribution in [0.3, 0.4) is 0 Å². The van der Waals surface area contributed by atoms with Crippen LogP contribution in [0.1, 0.15) is 42.5 Å². The lowest BCUT2D eigenvalue weighted by Gasteiger charge is -2.26. The molecule has 0 heterocycles. The van der Waals surface area contributed by atoms with E-state index in [4.69, 9.17) is 9.47 Å². The van der Waals surface area contributed by atoms with Gasteiger partial charge < -0.3 is 9.47 Å². The second kappa shape index (κ2) is 8.36. The molecule has 0 saturated heterocycles. The van der Waals surface area contributed by atoms with Crippen molar-refractivity contribution in [1.29, 1.82) is 0 Å². The Hall–Kier alpha value is -1.33. The normalized spacial score (nSPS) is 16.0. The van der Waals surface area contributed by atoms with E-state index in [0.29, 0.717) is 10.2 Å². The predicted octanol–water partition coefficient (Wildman–Crippen LogP) is 2.67. The predicted molar refractivity (Wildman–Crippen MR) is 105 cm³/mol. The van der Waals surface area contributed by atoms with Gasteiger partial charge >= 0.3 is 5.97 Å². The summed E-state index contributed by atoms with van der Waals surface area (Å²) < 4.78 is 59.6. The van der Waals surface area contributed by atoms with Gasteiger partial charge in [0.15, 0.2) is 0 Å². The average Bonchev–Trinajstić information content (AvgIpc) is 2.55. The van der Waals surface area contributed by atoms with Crippen LogP contribution < -0.4 is 8.45 Å². The second-order valence-electron chi connectivity index (χ2n) is 6.39. The molecular weight excluding hydrogens is 462 g/mol. The van der Waals surface area contributed by atoms with Crippen molar-refractivity contribution in [2.75, 3.05) is 23.3 Å². The van der Waals surface area contributed by atoms with E-state index in [2.05, 4.69) is 15.9 Å². The van der Waals surface area contributed by atoms with Crippen molar-refractivity contribution in [2.24, 2.45) is 0 Å². The molecule has 152 valence electrons. The van der Waals surface area contributed by atoms with Gasteiger partial charge in [-0.05, 0) is 53.7 Å². The SMILES string of the molecule is COC(=O)c1cc(OC2CCCCC2)c(Br)cc1N(S(C)(=O)=O)S(C)(=O)=O. The van der Waals surface area contributed by atoms with Crippen LogP contribution in [-0.2, 0) is 24.8 Å². The number of carbonyl (C=O) groups excluding carboxylic acids is 1. The van der Waals surface area contributed by atoms with Gasteiger partial charge in [0.2, 0.25) is 20.0 Å². The van der Waals surface area contributed by atoms with Crippen molar-refractivity contribution in [2.45, 2.75) is 38.2 Å². The van der Waals surface area contributed by atoms with Gasteiger partial charge in [-0.2, -0.15) is 3.71 Å². The largest absolute Gasteiger partial charge is 0.489 e. The highest BCUT2D eigenvalue weighted by Gasteiger charge is 2.33. The zero-order valence-corrected chi connectivity index (χ0v) is 18.5. The highest BCUT2D eigenvalue weighted by Crippen LogP contribution is 2.37. The molecule has 1 aromatic rings. The fourth-order valence-electron chi connectivity index (χ4n) is 3.02. The number of methoxy groups -OCH3 is 1. The van der Waals surface area contributed by atoms with E-state index >= 15 is 0 Å². The van der Waals surface area contributed by atoms with E-state index in [-0.39, 0.29) is 21.1 Å². The number of rotatable bonds is 6. The van der Waals surface area contributed by atoms with Gasteiger partial charge in [-0.1, -0.05) is 6.42 Å². The summed E-state index contributed by atoms with van der Waals surface area (Å²) in [7, 11) is -7.32. The van der Waals surface area contributed by atoms with Crippen LogP contribution in [0, 0.1) is 0 Å². The Balaban J connectivity index is 2.60. The standard InChI is InChI=1S/C16H22BrNO7S2/c1-24-16(19)12-9-15(25-11-7-5-4-6-8-11)13(17)10-14(12)18(26(2,20)21)27(3,22)23/h9-11H,4-8H2,1-3H3. The molecule has 0 radical (unpaired) electrons. The van der Waals surface area contributed by atoms with Crippen LogP contribution >= 0.6 is 15.9 Å². The molecule has 2 rings (SSSR count). The zero-order chi connectivity index (χ0) is 20.4. The van der Waals surface area contributed by atoms with Crippen LogP contribution in [0.4, 0.5) is 5.69 Å². The third kappa shape index (κ3) is 5.35. The monoisotopic (exact) mass is 483 g/mol. The van der Waals surface area contributed by atoms with Crippen LogP contribution in [0.25, 0.3) is 0 Å². The number of nitrogens with zero attached hydrogens (tertiary/aromatic N) is 1. The number of benzene rings is 1. The number of halogens is 1. The van der Waals surface area contributed by atoms with Gasteiger partial charge in [0.1, 0.15) is 5.75 Å². The second-order valence-corrected chi connectivity index (χ2v) is 11.1. The zero-order valence-electron chi connectivity index (χ0n) is 15.3. The van der Waals surface area contributed by atoms with Crippen LogP contribution in [0.2, 0.25) is 0 Å². The Labute approximate surface area is 168 Å². The van der Waals surface area contributed by atoms with Gasteiger partial charge in [0.05, 0.1) is 41.4 Å². The van der Waals surface area contributed by atoms with Crippen molar-refractivity contribution in [3.63, 3.8) is 0 Å². The summed E-state index contributed by atoms with van der Waals surface area (Å²) in [5, 5.41) is 0. The van der Waals surface area contributed by atoms with Crippen LogP contribution in [0.15, 0.2) is 16.6 Å². The first-order chi connectivity index (χ1) is 12.4. The highest BCUT2D eigenvalue weighted by molar-refractivity contribution is 9.10. The molecule has 0 bridgehead atoms. The third-order valence-electron chi connectivity index (χ3n) is 4.10. The van der Waals surface area contributed by atoms with Gasteiger partial charge in [-0.15, -0.1) is 0 Å². The lowest BCUT2D eigenvalue weighted by molar-refractivity contribution is 0.0600. The number of esters is 1. The van der Waals surface area contributed by atoms with E-state index in [0.717, 1.165) is 51.7 Å². The molecule has 0 aliphatic heterocycles. The molecule has 1 aliphatic rings. The van der Waals surface area contributed by atoms with E-state index in [1.54, 1.807) is 0 Å². The minimum atomic E-state index is -4.22. The quantitative estimate of drug-likeness (QED) is 0.572. The summed E-state index contributed by atoms with van der Waals surface area (Å²) >= 11 is 3.29. The molecule has 1 aromatic carbocycles. The molecule has 8 nitrogen and oxygen atoms in total. The summed E-state index contributed by atoms with van der Waals surface area (Å²) in [4.78, 5) is 12.2. The molecule has 1 fully saturated rings. The van der Waals surface area contributed by atoms with Crippen molar-refractivity contribution < 1.29 is 31.1 Å². The first-order valence-electron chi connectivity index (χ1n) is 8.24. The number of hydrogen-bond donors (Lipinski definition) is 0. The molecule has 11 heteroatoms. The van der Waals surface area contributed by atoms with Gasteiger partial charge in [0.25, 0.3) is 0 Å². The minimum Gasteiger partial charge on any atom is -0.489 e. The number of ether oxygens (including phenoxy) is 2. The fourth-order valence-corrected chi connectivity index (χ4v) is 6.43. The fraction of sp³-hybridized carbons (Fsp3) is 0.562. The maximum absolute atomic E-state index is 12.2. The lowest BCUT2D eigenvalue weighted by Crippen LogP contribution is -2.36. The highest BCUT2D eigenvalue weighted by atomic mass is 79.9. The Morgan fingerprint density at radius 1 is 1.07 bits per heavy atom. The summed E-state index contributed by atoms with van der Waals surface area (Å²) in [5.41, 5.74) is -0.544. The molecule has 1 saturated carbocycles. The Morgan fingerprint density at radius 3 is 2.11 bits per heavy atom. The Kier molecular flexibility index (Phi) is 6.80. The topological polar surface area (TPSA) is 107 Å². The molecule has 0 N–H and O–H groups in total. The third-order valence-corrected chi connectivity index (χ3v) is 7.94. The van der Waals surface area contributed by atoms with Crippen LogP contribution in [-0.4, -0.2) is 48.5 Å². The van der Waals surface area contributed by atoms with E-state index < -0.39 is 26.0 Å². The maximum Gasteiger partial charge on any atom is 0.340 e. The maximum atomic E-state index is 12.2. The van der Waals surface area contributed by atoms with E-state index in [9.17, 15) is 21.6 Å². The summed E-state index contributed by atoms with van der Waals surface area (Å²) in [6.45, 7) is 0. The van der Waals surface area contributed by atoms with Gasteiger partial charge in [-0.25, -0.2) is 21.6 Å². The minimum absolute atomic E-state index is 0.0210. The van der Waals surface area contributed by atoms with Crippen LogP contribution in [0.5, 0.6) is 5.75 Å². The van der Waals surface area contributed by atoms with Crippen molar-refractivity contribution >= 4 is 47.6 Å². The molecule has 0 aromatic heterocycles. The molecule has 0 amide bonds. The van der Waals surface area contributed by atoms with E-state index in [1.807, 2.05) is 0 Å². The Bertz CT molecular complexity index is 890. The molecule has 0 unspecified atom stereocenters. The molecule has 0 spiro atoms. The summed E-state index contributed by atoms with van der Waals surface area (Å²) in [5.74, 6) is -0.545. The number of hydrogen-bond acceptors (Lipinski definition) is 7. The average molecular weight is 484 g/mol. The van der Waals surface area contributed by atoms with Crippen molar-refractivity contribution in [1.82, 2.24) is 0 Å². The van der Waals surface area contributed by atoms with Crippen molar-refractivity contribution in [3.8, 4) is 5.75 Å². The molecule has 0 atom stereocenters. The van der Waals surface area contributed by atoms with Crippen molar-refractivity contribution in [3.05, 3.63) is 22.2 Å². The van der Waals surface area contributed by atoms with Gasteiger partial charge in [0, 0.05) is 0 Å².